The van der Waals surface area contributed by atoms with Gasteiger partial charge in [0.2, 0.25) is 0 Å². The van der Waals surface area contributed by atoms with Crippen LogP contribution in [-0.4, -0.2) is 22.9 Å². The number of halogens is 2. The Morgan fingerprint density at radius 3 is 2.68 bits per heavy atom. The normalized spacial score (nSPS) is 23.5. The third-order valence-corrected chi connectivity index (χ3v) is 4.20. The van der Waals surface area contributed by atoms with Gasteiger partial charge in [0.25, 0.3) is 0 Å². The molecule has 5 heteroatoms. The summed E-state index contributed by atoms with van der Waals surface area (Å²) in [5.41, 5.74) is 0.683. The van der Waals surface area contributed by atoms with Crippen LogP contribution in [-0.2, 0) is 6.54 Å². The van der Waals surface area contributed by atoms with Crippen molar-refractivity contribution in [2.45, 2.75) is 38.3 Å². The van der Waals surface area contributed by atoms with Crippen LogP contribution >= 0.6 is 23.2 Å². The molecule has 1 aliphatic rings. The van der Waals surface area contributed by atoms with Crippen molar-refractivity contribution in [3.05, 3.63) is 27.7 Å². The molecule has 0 spiro atoms. The molecular weight excluding hydrogens is 285 g/mol. The van der Waals surface area contributed by atoms with E-state index in [9.17, 15) is 10.2 Å². The third-order valence-electron chi connectivity index (χ3n) is 3.70. The van der Waals surface area contributed by atoms with E-state index in [1.807, 2.05) is 0 Å². The van der Waals surface area contributed by atoms with Crippen LogP contribution in [0.1, 0.15) is 31.2 Å². The third kappa shape index (κ3) is 3.99. The van der Waals surface area contributed by atoms with Crippen LogP contribution in [0.4, 0.5) is 0 Å². The van der Waals surface area contributed by atoms with Gasteiger partial charge in [-0.3, -0.25) is 0 Å². The minimum atomic E-state index is -0.210. The maximum atomic E-state index is 9.88. The second-order valence-corrected chi connectivity index (χ2v) is 5.98. The second kappa shape index (κ2) is 6.80. The van der Waals surface area contributed by atoms with E-state index in [-0.39, 0.29) is 16.9 Å². The molecule has 0 amide bonds. The van der Waals surface area contributed by atoms with E-state index in [1.165, 1.54) is 12.5 Å². The first-order valence-corrected chi connectivity index (χ1v) is 7.39. The number of hydrogen-bond donors (Lipinski definition) is 3. The molecule has 3 nitrogen and oxygen atoms in total. The molecule has 0 radical (unpaired) electrons. The van der Waals surface area contributed by atoms with Crippen molar-refractivity contribution in [1.29, 1.82) is 0 Å². The summed E-state index contributed by atoms with van der Waals surface area (Å²) in [5, 5.41) is 23.7. The largest absolute Gasteiger partial charge is 0.506 e. The maximum Gasteiger partial charge on any atom is 0.138 e. The van der Waals surface area contributed by atoms with Gasteiger partial charge < -0.3 is 15.5 Å². The minimum Gasteiger partial charge on any atom is -0.506 e. The van der Waals surface area contributed by atoms with E-state index >= 15 is 0 Å². The fourth-order valence-corrected chi connectivity index (χ4v) is 3.11. The Kier molecular flexibility index (Phi) is 5.34. The fourth-order valence-electron chi connectivity index (χ4n) is 2.57. The van der Waals surface area contributed by atoms with Gasteiger partial charge in [0.15, 0.2) is 0 Å². The summed E-state index contributed by atoms with van der Waals surface area (Å²) in [4.78, 5) is 0. The van der Waals surface area contributed by atoms with E-state index in [1.54, 1.807) is 6.07 Å². The molecular formula is C14H19Cl2NO2. The first kappa shape index (κ1) is 14.9. The summed E-state index contributed by atoms with van der Waals surface area (Å²) in [6.45, 7) is 1.24. The van der Waals surface area contributed by atoms with Crippen LogP contribution in [0.3, 0.4) is 0 Å². The topological polar surface area (TPSA) is 52.5 Å². The lowest BCUT2D eigenvalue weighted by Crippen LogP contribution is -2.33. The highest BCUT2D eigenvalue weighted by Gasteiger charge is 2.22. The van der Waals surface area contributed by atoms with Gasteiger partial charge in [-0.2, -0.15) is 0 Å². The summed E-state index contributed by atoms with van der Waals surface area (Å²) < 4.78 is 0. The van der Waals surface area contributed by atoms with Gasteiger partial charge in [-0.1, -0.05) is 36.0 Å². The lowest BCUT2D eigenvalue weighted by atomic mass is 9.86. The summed E-state index contributed by atoms with van der Waals surface area (Å²) in [6, 6.07) is 3.22. The molecule has 1 saturated carbocycles. The summed E-state index contributed by atoms with van der Waals surface area (Å²) >= 11 is 11.8. The van der Waals surface area contributed by atoms with Crippen LogP contribution in [0.2, 0.25) is 10.0 Å². The summed E-state index contributed by atoms with van der Waals surface area (Å²) in [6.07, 6.45) is 4.02. The molecule has 0 bridgehead atoms. The number of phenols is 1. The van der Waals surface area contributed by atoms with Gasteiger partial charge >= 0.3 is 0 Å². The predicted molar refractivity (Wildman–Crippen MR) is 77.8 cm³/mol. The van der Waals surface area contributed by atoms with Gasteiger partial charge in [-0.05, 0) is 30.9 Å². The highest BCUT2D eigenvalue weighted by atomic mass is 35.5. The molecule has 0 saturated heterocycles. The first-order valence-electron chi connectivity index (χ1n) is 6.63. The van der Waals surface area contributed by atoms with Crippen LogP contribution in [0.25, 0.3) is 0 Å². The molecule has 2 unspecified atom stereocenters. The molecule has 2 rings (SSSR count). The van der Waals surface area contributed by atoms with Crippen molar-refractivity contribution in [2.24, 2.45) is 5.92 Å². The van der Waals surface area contributed by atoms with Gasteiger partial charge in [-0.15, -0.1) is 0 Å². The van der Waals surface area contributed by atoms with Gasteiger partial charge in [0, 0.05) is 23.7 Å². The number of benzene rings is 1. The fraction of sp³-hybridized carbons (Fsp3) is 0.571. The van der Waals surface area contributed by atoms with E-state index in [2.05, 4.69) is 5.32 Å². The molecule has 106 valence electrons. The molecule has 3 N–H and O–H groups in total. The van der Waals surface area contributed by atoms with Crippen molar-refractivity contribution in [3.8, 4) is 5.75 Å². The Morgan fingerprint density at radius 2 is 1.95 bits per heavy atom. The zero-order chi connectivity index (χ0) is 13.8. The van der Waals surface area contributed by atoms with Crippen LogP contribution in [0, 0.1) is 5.92 Å². The number of aliphatic hydroxyl groups excluding tert-OH is 1. The summed E-state index contributed by atoms with van der Waals surface area (Å²) in [5.74, 6) is 0.369. The number of nitrogens with one attached hydrogen (secondary N) is 1. The SMILES string of the molecule is Oc1c(Cl)cc(Cl)cc1CNCC1CCCCC1O. The molecule has 0 heterocycles. The number of hydrogen-bond acceptors (Lipinski definition) is 3. The Hall–Kier alpha value is -0.480. The quantitative estimate of drug-likeness (QED) is 0.799. The molecule has 19 heavy (non-hydrogen) atoms. The number of aliphatic hydroxyl groups is 1. The van der Waals surface area contributed by atoms with Gasteiger partial charge in [-0.25, -0.2) is 0 Å². The van der Waals surface area contributed by atoms with Crippen molar-refractivity contribution in [2.75, 3.05) is 6.54 Å². The zero-order valence-electron chi connectivity index (χ0n) is 10.7. The molecule has 0 aliphatic heterocycles. The van der Waals surface area contributed by atoms with Crippen molar-refractivity contribution >= 4 is 23.2 Å². The second-order valence-electron chi connectivity index (χ2n) is 5.14. The molecule has 2 atom stereocenters. The highest BCUT2D eigenvalue weighted by Crippen LogP contribution is 2.31. The molecule has 1 aliphatic carbocycles. The van der Waals surface area contributed by atoms with E-state index in [4.69, 9.17) is 23.2 Å². The Balaban J connectivity index is 1.88. The van der Waals surface area contributed by atoms with Crippen LogP contribution in [0.15, 0.2) is 12.1 Å². The van der Waals surface area contributed by atoms with Crippen molar-refractivity contribution in [1.82, 2.24) is 5.32 Å². The molecule has 1 fully saturated rings. The molecule has 1 aromatic carbocycles. The predicted octanol–water partition coefficient (Wildman–Crippen LogP) is 3.34. The smallest absolute Gasteiger partial charge is 0.138 e. The van der Waals surface area contributed by atoms with Crippen molar-refractivity contribution < 1.29 is 10.2 Å². The summed E-state index contributed by atoms with van der Waals surface area (Å²) in [7, 11) is 0. The number of phenolic OH excluding ortho intramolecular Hbond substituents is 1. The number of aromatic hydroxyl groups is 1. The minimum absolute atomic E-state index is 0.0720. The van der Waals surface area contributed by atoms with E-state index in [0.717, 1.165) is 25.8 Å². The van der Waals surface area contributed by atoms with Crippen LogP contribution < -0.4 is 5.32 Å². The molecule has 1 aromatic rings. The Bertz CT molecular complexity index is 440. The average Bonchev–Trinajstić information content (AvgIpc) is 2.37. The Morgan fingerprint density at radius 1 is 1.21 bits per heavy atom. The molecule has 0 aromatic heterocycles. The van der Waals surface area contributed by atoms with Gasteiger partial charge in [0.1, 0.15) is 5.75 Å². The lowest BCUT2D eigenvalue weighted by Gasteiger charge is -2.27. The van der Waals surface area contributed by atoms with E-state index in [0.29, 0.717) is 23.0 Å². The van der Waals surface area contributed by atoms with E-state index < -0.39 is 0 Å². The van der Waals surface area contributed by atoms with Crippen LogP contribution in [0.5, 0.6) is 5.75 Å². The Labute approximate surface area is 123 Å². The highest BCUT2D eigenvalue weighted by molar-refractivity contribution is 6.35. The van der Waals surface area contributed by atoms with Crippen molar-refractivity contribution in [3.63, 3.8) is 0 Å². The maximum absolute atomic E-state index is 9.88. The first-order chi connectivity index (χ1) is 9.08. The number of rotatable bonds is 4. The monoisotopic (exact) mass is 303 g/mol. The van der Waals surface area contributed by atoms with Gasteiger partial charge in [0.05, 0.1) is 11.1 Å². The average molecular weight is 304 g/mol. The zero-order valence-corrected chi connectivity index (χ0v) is 12.2. The lowest BCUT2D eigenvalue weighted by molar-refractivity contribution is 0.0695. The standard InChI is InChI=1S/C14H19Cl2NO2/c15-11-5-10(14(19)12(16)6-11)8-17-7-9-3-1-2-4-13(9)18/h5-6,9,13,17-19H,1-4,7-8H2.